The van der Waals surface area contributed by atoms with Crippen LogP contribution in [-0.4, -0.2) is 6.54 Å². The van der Waals surface area contributed by atoms with Gasteiger partial charge in [-0.05, 0) is 49.7 Å². The van der Waals surface area contributed by atoms with Gasteiger partial charge in [0, 0.05) is 17.1 Å². The van der Waals surface area contributed by atoms with E-state index in [0.717, 1.165) is 24.1 Å². The van der Waals surface area contributed by atoms with Crippen LogP contribution >= 0.6 is 11.6 Å². The van der Waals surface area contributed by atoms with Crippen LogP contribution in [0.1, 0.15) is 24.5 Å². The number of aryl methyl sites for hydroxylation is 1. The molecule has 4 heteroatoms. The van der Waals surface area contributed by atoms with Gasteiger partial charge in [-0.2, -0.15) is 0 Å². The van der Waals surface area contributed by atoms with Gasteiger partial charge in [-0.15, -0.1) is 0 Å². The Morgan fingerprint density at radius 2 is 2.05 bits per heavy atom. The molecule has 0 atom stereocenters. The second kappa shape index (κ2) is 7.43. The van der Waals surface area contributed by atoms with Crippen LogP contribution in [0.25, 0.3) is 0 Å². The molecular weight excluding hydrogens is 289 g/mol. The van der Waals surface area contributed by atoms with E-state index >= 15 is 0 Å². The number of halogens is 2. The van der Waals surface area contributed by atoms with Gasteiger partial charge in [-0.25, -0.2) is 4.39 Å². The van der Waals surface area contributed by atoms with Gasteiger partial charge in [0.2, 0.25) is 0 Å². The first-order valence-corrected chi connectivity index (χ1v) is 7.41. The van der Waals surface area contributed by atoms with Gasteiger partial charge in [-0.3, -0.25) is 0 Å². The zero-order valence-electron chi connectivity index (χ0n) is 12.2. The number of rotatable bonds is 6. The normalized spacial score (nSPS) is 10.7. The summed E-state index contributed by atoms with van der Waals surface area (Å²) in [5.41, 5.74) is 1.70. The van der Waals surface area contributed by atoms with Crippen LogP contribution in [0.5, 0.6) is 11.5 Å². The summed E-state index contributed by atoms with van der Waals surface area (Å²) in [6.45, 7) is 5.44. The summed E-state index contributed by atoms with van der Waals surface area (Å²) < 4.78 is 19.8. The Morgan fingerprint density at radius 3 is 2.76 bits per heavy atom. The van der Waals surface area contributed by atoms with Gasteiger partial charge in [0.1, 0.15) is 5.75 Å². The molecule has 0 bridgehead atoms. The Balaban J connectivity index is 2.23. The molecule has 0 aliphatic carbocycles. The van der Waals surface area contributed by atoms with Crippen LogP contribution in [0.15, 0.2) is 36.4 Å². The molecule has 0 aliphatic rings. The Hall–Kier alpha value is -1.58. The predicted molar refractivity (Wildman–Crippen MR) is 84.7 cm³/mol. The lowest BCUT2D eigenvalue weighted by Gasteiger charge is -2.13. The maximum Gasteiger partial charge on any atom is 0.167 e. The van der Waals surface area contributed by atoms with Crippen LogP contribution in [0, 0.1) is 12.7 Å². The Kier molecular flexibility index (Phi) is 5.59. The summed E-state index contributed by atoms with van der Waals surface area (Å²) in [7, 11) is 0. The lowest BCUT2D eigenvalue weighted by molar-refractivity contribution is 0.433. The minimum Gasteiger partial charge on any atom is -0.454 e. The van der Waals surface area contributed by atoms with E-state index in [1.165, 1.54) is 6.07 Å². The first-order valence-electron chi connectivity index (χ1n) is 7.04. The van der Waals surface area contributed by atoms with Crippen molar-refractivity contribution in [3.05, 3.63) is 58.4 Å². The summed E-state index contributed by atoms with van der Waals surface area (Å²) in [6.07, 6.45) is 1.03. The average molecular weight is 308 g/mol. The summed E-state index contributed by atoms with van der Waals surface area (Å²) >= 11 is 5.99. The molecule has 0 unspecified atom stereocenters. The van der Waals surface area contributed by atoms with Crippen molar-refractivity contribution in [1.29, 1.82) is 0 Å². The summed E-state index contributed by atoms with van der Waals surface area (Å²) in [6, 6.07) is 10.3. The van der Waals surface area contributed by atoms with Crippen molar-refractivity contribution in [2.45, 2.75) is 26.8 Å². The average Bonchev–Trinajstić information content (AvgIpc) is 2.46. The molecule has 0 amide bonds. The van der Waals surface area contributed by atoms with Gasteiger partial charge in [0.25, 0.3) is 0 Å². The van der Waals surface area contributed by atoms with Gasteiger partial charge in [-0.1, -0.05) is 30.7 Å². The van der Waals surface area contributed by atoms with E-state index in [9.17, 15) is 4.39 Å². The molecule has 0 spiro atoms. The van der Waals surface area contributed by atoms with E-state index in [1.807, 2.05) is 13.0 Å². The number of nitrogens with one attached hydrogen (secondary N) is 1. The number of para-hydroxylation sites is 1. The van der Waals surface area contributed by atoms with E-state index in [0.29, 0.717) is 17.3 Å². The Morgan fingerprint density at radius 1 is 1.24 bits per heavy atom. The summed E-state index contributed by atoms with van der Waals surface area (Å²) in [5, 5.41) is 3.92. The zero-order valence-corrected chi connectivity index (χ0v) is 13.0. The Labute approximate surface area is 129 Å². The predicted octanol–water partition coefficient (Wildman–Crippen LogP) is 5.08. The molecular formula is C17H19ClFNO. The second-order valence-corrected chi connectivity index (χ2v) is 5.33. The fourth-order valence-corrected chi connectivity index (χ4v) is 2.12. The van der Waals surface area contributed by atoms with Gasteiger partial charge in [0.15, 0.2) is 11.6 Å². The fourth-order valence-electron chi connectivity index (χ4n) is 2.01. The fraction of sp³-hybridized carbons (Fsp3) is 0.294. The highest BCUT2D eigenvalue weighted by Gasteiger charge is 2.11. The summed E-state index contributed by atoms with van der Waals surface area (Å²) in [5.74, 6) is 0.486. The highest BCUT2D eigenvalue weighted by Crippen LogP contribution is 2.30. The number of benzene rings is 2. The molecule has 0 saturated carbocycles. The molecule has 0 aliphatic heterocycles. The molecule has 21 heavy (non-hydrogen) atoms. The Bertz CT molecular complexity index is 616. The smallest absolute Gasteiger partial charge is 0.167 e. The minimum absolute atomic E-state index is 0.267. The van der Waals surface area contributed by atoms with Crippen LogP contribution in [0.2, 0.25) is 5.02 Å². The topological polar surface area (TPSA) is 21.3 Å². The molecule has 0 radical (unpaired) electrons. The first-order chi connectivity index (χ1) is 10.1. The zero-order chi connectivity index (χ0) is 15.2. The second-order valence-electron chi connectivity index (χ2n) is 4.92. The van der Waals surface area contributed by atoms with Crippen molar-refractivity contribution in [1.82, 2.24) is 5.32 Å². The third-order valence-electron chi connectivity index (χ3n) is 3.14. The van der Waals surface area contributed by atoms with Crippen molar-refractivity contribution in [2.24, 2.45) is 0 Å². The molecule has 2 aromatic rings. The van der Waals surface area contributed by atoms with E-state index < -0.39 is 0 Å². The largest absolute Gasteiger partial charge is 0.454 e. The van der Waals surface area contributed by atoms with Crippen molar-refractivity contribution in [3.63, 3.8) is 0 Å². The maximum atomic E-state index is 14.0. The third-order valence-corrected chi connectivity index (χ3v) is 3.56. The first kappa shape index (κ1) is 15.8. The molecule has 2 aromatic carbocycles. The van der Waals surface area contributed by atoms with Crippen LogP contribution in [-0.2, 0) is 6.54 Å². The maximum absolute atomic E-state index is 14.0. The quantitative estimate of drug-likeness (QED) is 0.751. The molecule has 0 aromatic heterocycles. The van der Waals surface area contributed by atoms with E-state index in [1.54, 1.807) is 24.3 Å². The molecule has 0 saturated heterocycles. The van der Waals surface area contributed by atoms with Gasteiger partial charge >= 0.3 is 0 Å². The number of hydrogen-bond donors (Lipinski definition) is 1. The third kappa shape index (κ3) is 4.19. The molecule has 2 rings (SSSR count). The van der Waals surface area contributed by atoms with Crippen molar-refractivity contribution >= 4 is 11.6 Å². The SMILES string of the molecule is CCCNCc1cccc(F)c1Oc1ccc(Cl)c(C)c1. The van der Waals surface area contributed by atoms with E-state index in [2.05, 4.69) is 12.2 Å². The van der Waals surface area contributed by atoms with Crippen LogP contribution in [0.4, 0.5) is 4.39 Å². The van der Waals surface area contributed by atoms with Crippen molar-refractivity contribution in [2.75, 3.05) is 6.54 Å². The molecule has 112 valence electrons. The van der Waals surface area contributed by atoms with Gasteiger partial charge in [0.05, 0.1) is 0 Å². The highest BCUT2D eigenvalue weighted by atomic mass is 35.5. The minimum atomic E-state index is -0.363. The monoisotopic (exact) mass is 307 g/mol. The lowest BCUT2D eigenvalue weighted by Crippen LogP contribution is -2.14. The number of hydrogen-bond acceptors (Lipinski definition) is 2. The molecule has 0 fully saturated rings. The van der Waals surface area contributed by atoms with Crippen LogP contribution in [0.3, 0.4) is 0 Å². The van der Waals surface area contributed by atoms with E-state index in [4.69, 9.17) is 16.3 Å². The molecule has 1 N–H and O–H groups in total. The standard InChI is InChI=1S/C17H19ClFNO/c1-3-9-20-11-13-5-4-6-16(19)17(13)21-14-7-8-15(18)12(2)10-14/h4-8,10,20H,3,9,11H2,1-2H3. The highest BCUT2D eigenvalue weighted by molar-refractivity contribution is 6.31. The van der Waals surface area contributed by atoms with Gasteiger partial charge < -0.3 is 10.1 Å². The number of ether oxygens (including phenoxy) is 1. The van der Waals surface area contributed by atoms with Crippen molar-refractivity contribution < 1.29 is 9.13 Å². The van der Waals surface area contributed by atoms with Crippen molar-refractivity contribution in [3.8, 4) is 11.5 Å². The van der Waals surface area contributed by atoms with E-state index in [-0.39, 0.29) is 11.6 Å². The molecule has 0 heterocycles. The summed E-state index contributed by atoms with van der Waals surface area (Å²) in [4.78, 5) is 0. The lowest BCUT2D eigenvalue weighted by atomic mass is 10.2. The molecule has 2 nitrogen and oxygen atoms in total. The van der Waals surface area contributed by atoms with Crippen LogP contribution < -0.4 is 10.1 Å².